The highest BCUT2D eigenvalue weighted by Gasteiger charge is 2.13. The number of hydrogen-bond donors (Lipinski definition) is 2. The maximum atomic E-state index is 13.7. The van der Waals surface area contributed by atoms with Gasteiger partial charge in [-0.15, -0.1) is 0 Å². The smallest absolute Gasteiger partial charge is 0.258 e. The van der Waals surface area contributed by atoms with Gasteiger partial charge in [0.15, 0.2) is 0 Å². The molecule has 1 amide bonds. The summed E-state index contributed by atoms with van der Waals surface area (Å²) >= 11 is 0. The number of nitrogen functional groups attached to an aromatic ring is 1. The Bertz CT molecular complexity index is 830. The number of amides is 1. The number of para-hydroxylation sites is 1. The number of fused-ring (bicyclic) bond motifs is 1. The lowest BCUT2D eigenvalue weighted by Crippen LogP contribution is -2.14. The van der Waals surface area contributed by atoms with Gasteiger partial charge in [0, 0.05) is 18.1 Å². The molecule has 3 N–H and O–H groups in total. The van der Waals surface area contributed by atoms with E-state index < -0.39 is 11.7 Å². The Balaban J connectivity index is 1.99. The molecule has 0 aliphatic rings. The number of nitrogens with two attached hydrogens (primary N) is 1. The summed E-state index contributed by atoms with van der Waals surface area (Å²) in [5, 5.41) is 2.50. The maximum Gasteiger partial charge on any atom is 0.258 e. The number of nitrogens with zero attached hydrogens (tertiary/aromatic N) is 2. The number of carbonyl (C=O) groups excluding carboxylic acids is 1. The zero-order valence-electron chi connectivity index (χ0n) is 10.9. The number of rotatable bonds is 2. The molecule has 3 rings (SSSR count). The van der Waals surface area contributed by atoms with Crippen LogP contribution in [0.2, 0.25) is 0 Å². The number of carbonyl (C=O) groups is 1. The van der Waals surface area contributed by atoms with E-state index >= 15 is 0 Å². The molecular formula is C15H11FN4O. The van der Waals surface area contributed by atoms with Gasteiger partial charge in [-0.05, 0) is 30.3 Å². The van der Waals surface area contributed by atoms with Crippen molar-refractivity contribution in [1.29, 1.82) is 0 Å². The van der Waals surface area contributed by atoms with Gasteiger partial charge < -0.3 is 11.1 Å². The number of nitrogens with one attached hydrogen (secondary N) is 1. The molecule has 21 heavy (non-hydrogen) atoms. The lowest BCUT2D eigenvalue weighted by molar-refractivity contribution is 0.102. The Morgan fingerprint density at radius 2 is 1.95 bits per heavy atom. The van der Waals surface area contributed by atoms with Crippen LogP contribution >= 0.6 is 0 Å². The first-order valence-corrected chi connectivity index (χ1v) is 6.21. The van der Waals surface area contributed by atoms with Gasteiger partial charge in [-0.1, -0.05) is 6.07 Å². The molecule has 104 valence electrons. The average molecular weight is 282 g/mol. The standard InChI is InChI=1S/C15H11FN4O/c16-11-5-4-9(17)8-13(11)20-15(21)10-2-1-3-12-14(10)19-7-6-18-12/h1-8H,17H2,(H,20,21). The van der Waals surface area contributed by atoms with E-state index in [9.17, 15) is 9.18 Å². The van der Waals surface area contributed by atoms with Crippen molar-refractivity contribution in [1.82, 2.24) is 9.97 Å². The highest BCUT2D eigenvalue weighted by molar-refractivity contribution is 6.11. The fraction of sp³-hybridized carbons (Fsp3) is 0. The Kier molecular flexibility index (Phi) is 3.19. The zero-order chi connectivity index (χ0) is 14.8. The van der Waals surface area contributed by atoms with Gasteiger partial charge in [-0.25, -0.2) is 4.39 Å². The number of hydrogen-bond acceptors (Lipinski definition) is 4. The summed E-state index contributed by atoms with van der Waals surface area (Å²) in [4.78, 5) is 20.6. The molecule has 0 spiro atoms. The number of aromatic nitrogens is 2. The fourth-order valence-corrected chi connectivity index (χ4v) is 2.00. The average Bonchev–Trinajstić information content (AvgIpc) is 2.50. The van der Waals surface area contributed by atoms with Crippen LogP contribution in [-0.2, 0) is 0 Å². The summed E-state index contributed by atoms with van der Waals surface area (Å²) < 4.78 is 13.7. The molecule has 5 nitrogen and oxygen atoms in total. The monoisotopic (exact) mass is 282 g/mol. The van der Waals surface area contributed by atoms with Gasteiger partial charge in [0.2, 0.25) is 0 Å². The first-order chi connectivity index (χ1) is 10.1. The van der Waals surface area contributed by atoms with Crippen LogP contribution in [0.15, 0.2) is 48.8 Å². The lowest BCUT2D eigenvalue weighted by Gasteiger charge is -2.08. The topological polar surface area (TPSA) is 80.9 Å². The highest BCUT2D eigenvalue weighted by atomic mass is 19.1. The summed E-state index contributed by atoms with van der Waals surface area (Å²) in [6.45, 7) is 0. The summed E-state index contributed by atoms with van der Waals surface area (Å²) in [7, 11) is 0. The van der Waals surface area contributed by atoms with Crippen LogP contribution in [-0.4, -0.2) is 15.9 Å². The SMILES string of the molecule is Nc1ccc(F)c(NC(=O)c2cccc3nccnc23)c1. The molecule has 0 aliphatic carbocycles. The Morgan fingerprint density at radius 3 is 2.81 bits per heavy atom. The zero-order valence-corrected chi connectivity index (χ0v) is 10.9. The van der Waals surface area contributed by atoms with E-state index in [2.05, 4.69) is 15.3 Å². The van der Waals surface area contributed by atoms with Crippen molar-refractivity contribution >= 4 is 28.3 Å². The van der Waals surface area contributed by atoms with Crippen LogP contribution in [0, 0.1) is 5.82 Å². The van der Waals surface area contributed by atoms with Crippen LogP contribution in [0.4, 0.5) is 15.8 Å². The van der Waals surface area contributed by atoms with E-state index in [4.69, 9.17) is 5.73 Å². The predicted octanol–water partition coefficient (Wildman–Crippen LogP) is 2.60. The second kappa shape index (κ2) is 5.16. The van der Waals surface area contributed by atoms with Crippen LogP contribution in [0.3, 0.4) is 0 Å². The largest absolute Gasteiger partial charge is 0.399 e. The molecule has 0 saturated carbocycles. The molecular weight excluding hydrogens is 271 g/mol. The molecule has 0 saturated heterocycles. The summed E-state index contributed by atoms with van der Waals surface area (Å²) in [6, 6.07) is 9.05. The molecule has 6 heteroatoms. The second-order valence-electron chi connectivity index (χ2n) is 4.42. The number of benzene rings is 2. The third kappa shape index (κ3) is 2.51. The summed E-state index contributed by atoms with van der Waals surface area (Å²) in [5.41, 5.74) is 7.36. The number of anilines is 2. The van der Waals surface area contributed by atoms with E-state index in [1.165, 1.54) is 24.4 Å². The molecule has 0 fully saturated rings. The van der Waals surface area contributed by atoms with Gasteiger partial charge in [-0.3, -0.25) is 14.8 Å². The van der Waals surface area contributed by atoms with Gasteiger partial charge in [0.25, 0.3) is 5.91 Å². The Labute approximate surface area is 119 Å². The quantitative estimate of drug-likeness (QED) is 0.708. The normalized spacial score (nSPS) is 10.5. The van der Waals surface area contributed by atoms with Crippen LogP contribution in [0.5, 0.6) is 0 Å². The van der Waals surface area contributed by atoms with E-state index in [0.29, 0.717) is 22.3 Å². The summed E-state index contributed by atoms with van der Waals surface area (Å²) in [5.74, 6) is -1.02. The Morgan fingerprint density at radius 1 is 1.14 bits per heavy atom. The number of halogens is 1. The third-order valence-electron chi connectivity index (χ3n) is 2.98. The molecule has 0 atom stereocenters. The molecule has 1 aromatic heterocycles. The van der Waals surface area contributed by atoms with Crippen molar-refractivity contribution in [2.75, 3.05) is 11.1 Å². The molecule has 1 heterocycles. The van der Waals surface area contributed by atoms with Crippen LogP contribution in [0.25, 0.3) is 11.0 Å². The van der Waals surface area contributed by atoms with E-state index in [1.807, 2.05) is 0 Å². The highest BCUT2D eigenvalue weighted by Crippen LogP contribution is 2.20. The van der Waals surface area contributed by atoms with Crippen LogP contribution in [0.1, 0.15) is 10.4 Å². The minimum Gasteiger partial charge on any atom is -0.399 e. The van der Waals surface area contributed by atoms with E-state index in [-0.39, 0.29) is 5.69 Å². The predicted molar refractivity (Wildman–Crippen MR) is 78.3 cm³/mol. The van der Waals surface area contributed by atoms with Crippen molar-refractivity contribution < 1.29 is 9.18 Å². The molecule has 2 aromatic carbocycles. The summed E-state index contributed by atoms with van der Waals surface area (Å²) in [6.07, 6.45) is 3.04. The van der Waals surface area contributed by atoms with E-state index in [0.717, 1.165) is 0 Å². The van der Waals surface area contributed by atoms with Gasteiger partial charge in [-0.2, -0.15) is 0 Å². The van der Waals surface area contributed by atoms with Gasteiger partial charge in [0.1, 0.15) is 11.3 Å². The van der Waals surface area contributed by atoms with Crippen molar-refractivity contribution in [3.05, 3.63) is 60.2 Å². The van der Waals surface area contributed by atoms with Crippen molar-refractivity contribution in [2.45, 2.75) is 0 Å². The molecule has 3 aromatic rings. The molecule has 0 unspecified atom stereocenters. The minimum absolute atomic E-state index is 0.0286. The first kappa shape index (κ1) is 13.0. The van der Waals surface area contributed by atoms with E-state index in [1.54, 1.807) is 24.4 Å². The van der Waals surface area contributed by atoms with Gasteiger partial charge in [0.05, 0.1) is 16.8 Å². The maximum absolute atomic E-state index is 13.7. The second-order valence-corrected chi connectivity index (χ2v) is 4.42. The molecule has 0 bridgehead atoms. The first-order valence-electron chi connectivity index (χ1n) is 6.21. The van der Waals surface area contributed by atoms with Crippen molar-refractivity contribution in [3.63, 3.8) is 0 Å². The lowest BCUT2D eigenvalue weighted by atomic mass is 10.1. The Hall–Kier alpha value is -3.02. The van der Waals surface area contributed by atoms with Gasteiger partial charge >= 0.3 is 0 Å². The van der Waals surface area contributed by atoms with Crippen molar-refractivity contribution in [3.8, 4) is 0 Å². The van der Waals surface area contributed by atoms with Crippen molar-refractivity contribution in [2.24, 2.45) is 0 Å². The molecule has 0 aliphatic heterocycles. The fourth-order valence-electron chi connectivity index (χ4n) is 2.00. The third-order valence-corrected chi connectivity index (χ3v) is 2.98. The molecule has 0 radical (unpaired) electrons. The van der Waals surface area contributed by atoms with Crippen LogP contribution < -0.4 is 11.1 Å². The minimum atomic E-state index is -0.552.